The first kappa shape index (κ1) is 28.8. The summed E-state index contributed by atoms with van der Waals surface area (Å²) in [5, 5.41) is 2.92. The fourth-order valence-corrected chi connectivity index (χ4v) is 4.44. The quantitative estimate of drug-likeness (QED) is 0.180. The molecule has 0 fully saturated rings. The summed E-state index contributed by atoms with van der Waals surface area (Å²) < 4.78 is 13.5. The molecule has 0 saturated heterocycles. The predicted molar refractivity (Wildman–Crippen MR) is 156 cm³/mol. The van der Waals surface area contributed by atoms with Crippen molar-refractivity contribution in [2.45, 2.75) is 71.9 Å². The molecule has 0 aliphatic carbocycles. The van der Waals surface area contributed by atoms with Crippen molar-refractivity contribution in [1.82, 2.24) is 14.5 Å². The summed E-state index contributed by atoms with van der Waals surface area (Å²) in [7, 11) is 0. The summed E-state index contributed by atoms with van der Waals surface area (Å²) in [6.45, 7) is 6.85. The summed E-state index contributed by atoms with van der Waals surface area (Å²) in [6, 6.07) is 20.8. The second-order valence-electron chi connectivity index (χ2n) is 9.71. The number of pyridine rings is 1. The number of fused-ring (bicyclic) bond motifs is 1. The van der Waals surface area contributed by atoms with E-state index in [1.54, 1.807) is 6.92 Å². The van der Waals surface area contributed by atoms with Gasteiger partial charge in [0.25, 0.3) is 0 Å². The highest BCUT2D eigenvalue weighted by Gasteiger charge is 2.24. The van der Waals surface area contributed by atoms with Crippen molar-refractivity contribution in [2.75, 3.05) is 11.9 Å². The summed E-state index contributed by atoms with van der Waals surface area (Å²) >= 11 is 0. The number of carbonyl (C=O) groups is 2. The molecule has 8 heteroatoms. The molecule has 2 heterocycles. The molecule has 8 nitrogen and oxygen atoms in total. The zero-order valence-corrected chi connectivity index (χ0v) is 23.6. The average Bonchev–Trinajstić information content (AvgIpc) is 3.31. The Balaban J connectivity index is 1.56. The molecule has 0 saturated carbocycles. The number of hydrogen-bond acceptors (Lipinski definition) is 6. The van der Waals surface area contributed by atoms with Crippen LogP contribution in [0.1, 0.15) is 75.9 Å². The van der Waals surface area contributed by atoms with Crippen LogP contribution in [0.2, 0.25) is 0 Å². The van der Waals surface area contributed by atoms with Crippen LogP contribution in [0.5, 0.6) is 5.75 Å². The number of imidazole rings is 1. The van der Waals surface area contributed by atoms with E-state index in [2.05, 4.69) is 23.7 Å². The van der Waals surface area contributed by atoms with E-state index in [1.165, 1.54) is 0 Å². The van der Waals surface area contributed by atoms with Crippen molar-refractivity contribution < 1.29 is 19.1 Å². The lowest BCUT2D eigenvalue weighted by Gasteiger charge is -2.18. The standard InChI is InChI=1S/C32H38N4O4/c1-4-7-14-28-33-26-20-21-27(34-29(37)15-8-5-2)35-31(26)36(28)22-23-16-18-25(19-17-23)40-30(32(38)39-6-3)24-12-10-9-11-13-24/h9-13,16-21,30H,4-8,14-15,22H2,1-3H3,(H,34,35,37). The lowest BCUT2D eigenvalue weighted by molar-refractivity contribution is -0.151. The third-order valence-electron chi connectivity index (χ3n) is 6.57. The number of aryl methyl sites for hydroxylation is 1. The largest absolute Gasteiger partial charge is 0.474 e. The molecule has 4 aromatic rings. The van der Waals surface area contributed by atoms with Crippen molar-refractivity contribution in [2.24, 2.45) is 0 Å². The lowest BCUT2D eigenvalue weighted by Crippen LogP contribution is -2.21. The fraction of sp³-hybridized carbons (Fsp3) is 0.375. The monoisotopic (exact) mass is 542 g/mol. The fourth-order valence-electron chi connectivity index (χ4n) is 4.44. The van der Waals surface area contributed by atoms with Crippen LogP contribution < -0.4 is 10.1 Å². The van der Waals surface area contributed by atoms with Gasteiger partial charge < -0.3 is 19.4 Å². The van der Waals surface area contributed by atoms with Gasteiger partial charge in [-0.25, -0.2) is 14.8 Å². The molecule has 0 spiro atoms. The number of nitrogens with zero attached hydrogens (tertiary/aromatic N) is 3. The number of benzene rings is 2. The van der Waals surface area contributed by atoms with E-state index >= 15 is 0 Å². The Bertz CT molecular complexity index is 1400. The van der Waals surface area contributed by atoms with Gasteiger partial charge in [0.1, 0.15) is 22.9 Å². The van der Waals surface area contributed by atoms with Gasteiger partial charge in [0.05, 0.1) is 13.2 Å². The molecule has 2 aromatic carbocycles. The van der Waals surface area contributed by atoms with E-state index in [0.717, 1.165) is 60.2 Å². The molecule has 40 heavy (non-hydrogen) atoms. The lowest BCUT2D eigenvalue weighted by atomic mass is 10.1. The Morgan fingerprint density at radius 3 is 2.35 bits per heavy atom. The Morgan fingerprint density at radius 2 is 1.65 bits per heavy atom. The number of esters is 1. The van der Waals surface area contributed by atoms with E-state index < -0.39 is 12.1 Å². The molecular formula is C32H38N4O4. The van der Waals surface area contributed by atoms with Crippen molar-refractivity contribution in [3.8, 4) is 5.75 Å². The van der Waals surface area contributed by atoms with Gasteiger partial charge in [-0.1, -0.05) is 69.2 Å². The minimum atomic E-state index is -0.847. The number of aromatic nitrogens is 3. The zero-order valence-electron chi connectivity index (χ0n) is 23.6. The molecule has 1 amide bonds. The molecule has 210 valence electrons. The highest BCUT2D eigenvalue weighted by Crippen LogP contribution is 2.25. The molecule has 0 radical (unpaired) electrons. The van der Waals surface area contributed by atoms with Gasteiger partial charge in [0.2, 0.25) is 12.0 Å². The first-order chi connectivity index (χ1) is 19.5. The number of unbranched alkanes of at least 4 members (excludes halogenated alkanes) is 2. The van der Waals surface area contributed by atoms with Crippen LogP contribution in [-0.2, 0) is 27.3 Å². The van der Waals surface area contributed by atoms with Crippen LogP contribution in [0.25, 0.3) is 11.2 Å². The zero-order chi connectivity index (χ0) is 28.3. The number of amides is 1. The molecule has 1 atom stereocenters. The Hall–Kier alpha value is -4.20. The normalized spacial score (nSPS) is 11.8. The van der Waals surface area contributed by atoms with E-state index in [1.807, 2.05) is 66.7 Å². The number of rotatable bonds is 14. The first-order valence-electron chi connectivity index (χ1n) is 14.2. The van der Waals surface area contributed by atoms with Crippen LogP contribution in [0.15, 0.2) is 66.7 Å². The molecule has 1 unspecified atom stereocenters. The summed E-state index contributed by atoms with van der Waals surface area (Å²) in [6.07, 6.45) is 4.36. The van der Waals surface area contributed by atoms with Crippen LogP contribution in [-0.4, -0.2) is 33.0 Å². The molecular weight excluding hydrogens is 504 g/mol. The van der Waals surface area contributed by atoms with Gasteiger partial charge >= 0.3 is 5.97 Å². The van der Waals surface area contributed by atoms with Crippen LogP contribution in [0, 0.1) is 0 Å². The molecule has 0 bridgehead atoms. The highest BCUT2D eigenvalue weighted by molar-refractivity contribution is 5.90. The molecule has 2 aromatic heterocycles. The minimum absolute atomic E-state index is 0.0295. The molecule has 1 N–H and O–H groups in total. The van der Waals surface area contributed by atoms with Gasteiger partial charge in [0, 0.05) is 18.4 Å². The molecule has 0 aliphatic rings. The van der Waals surface area contributed by atoms with Gasteiger partial charge in [-0.05, 0) is 49.6 Å². The van der Waals surface area contributed by atoms with Gasteiger partial charge in [-0.15, -0.1) is 0 Å². The van der Waals surface area contributed by atoms with Gasteiger partial charge in [0.15, 0.2) is 5.65 Å². The molecule has 4 rings (SSSR count). The van der Waals surface area contributed by atoms with Crippen molar-refractivity contribution in [3.05, 3.63) is 83.7 Å². The van der Waals surface area contributed by atoms with E-state index in [4.69, 9.17) is 19.4 Å². The van der Waals surface area contributed by atoms with Gasteiger partial charge in [-0.3, -0.25) is 4.79 Å². The third-order valence-corrected chi connectivity index (χ3v) is 6.57. The first-order valence-corrected chi connectivity index (χ1v) is 14.2. The number of nitrogens with one attached hydrogen (secondary N) is 1. The van der Waals surface area contributed by atoms with Gasteiger partial charge in [-0.2, -0.15) is 0 Å². The number of anilines is 1. The number of hydrogen-bond donors (Lipinski definition) is 1. The van der Waals surface area contributed by atoms with Crippen molar-refractivity contribution in [3.63, 3.8) is 0 Å². The minimum Gasteiger partial charge on any atom is -0.474 e. The van der Waals surface area contributed by atoms with Crippen molar-refractivity contribution in [1.29, 1.82) is 0 Å². The Labute approximate surface area is 235 Å². The van der Waals surface area contributed by atoms with E-state index in [9.17, 15) is 9.59 Å². The van der Waals surface area contributed by atoms with E-state index in [0.29, 0.717) is 24.5 Å². The third kappa shape index (κ3) is 7.46. The van der Waals surface area contributed by atoms with E-state index in [-0.39, 0.29) is 12.5 Å². The van der Waals surface area contributed by atoms with Crippen LogP contribution in [0.3, 0.4) is 0 Å². The SMILES string of the molecule is CCCCC(=O)Nc1ccc2nc(CCCC)n(Cc3ccc(OC(C(=O)OCC)c4ccccc4)cc3)c2n1. The second-order valence-corrected chi connectivity index (χ2v) is 9.71. The highest BCUT2D eigenvalue weighted by atomic mass is 16.6. The Morgan fingerprint density at radius 1 is 0.900 bits per heavy atom. The maximum atomic E-state index is 12.6. The number of carbonyl (C=O) groups excluding carboxylic acids is 2. The van der Waals surface area contributed by atoms with Crippen molar-refractivity contribution >= 4 is 28.9 Å². The second kappa shape index (κ2) is 14.3. The maximum absolute atomic E-state index is 12.6. The van der Waals surface area contributed by atoms with Crippen LogP contribution in [0.4, 0.5) is 5.82 Å². The summed E-state index contributed by atoms with van der Waals surface area (Å²) in [5.74, 6) is 1.62. The average molecular weight is 543 g/mol. The predicted octanol–water partition coefficient (Wildman–Crippen LogP) is 6.63. The molecule has 0 aliphatic heterocycles. The maximum Gasteiger partial charge on any atom is 0.352 e. The smallest absolute Gasteiger partial charge is 0.352 e. The number of ether oxygens (including phenoxy) is 2. The summed E-state index contributed by atoms with van der Waals surface area (Å²) in [5.41, 5.74) is 3.32. The van der Waals surface area contributed by atoms with Crippen LogP contribution >= 0.6 is 0 Å². The topological polar surface area (TPSA) is 95.3 Å². The summed E-state index contributed by atoms with van der Waals surface area (Å²) in [4.78, 5) is 34.5. The Kier molecular flexibility index (Phi) is 10.3.